The molecule has 2 aromatic rings. The molecule has 0 amide bonds. The molecule has 1 aromatic heterocycles. The summed E-state index contributed by atoms with van der Waals surface area (Å²) in [6.07, 6.45) is 5.00. The third-order valence-corrected chi connectivity index (χ3v) is 4.66. The Kier molecular flexibility index (Phi) is 3.73. The van der Waals surface area contributed by atoms with Gasteiger partial charge in [0.2, 0.25) is 0 Å². The first-order chi connectivity index (χ1) is 9.28. The predicted molar refractivity (Wildman–Crippen MR) is 75.6 cm³/mol. The summed E-state index contributed by atoms with van der Waals surface area (Å²) in [6.45, 7) is -0.146. The van der Waals surface area contributed by atoms with Crippen molar-refractivity contribution >= 4 is 23.4 Å². The van der Waals surface area contributed by atoms with Gasteiger partial charge in [-0.15, -0.1) is 0 Å². The number of rotatable bonds is 3. The van der Waals surface area contributed by atoms with Crippen molar-refractivity contribution in [3.05, 3.63) is 46.4 Å². The van der Waals surface area contributed by atoms with E-state index in [0.717, 1.165) is 16.3 Å². The van der Waals surface area contributed by atoms with Gasteiger partial charge in [-0.1, -0.05) is 29.4 Å². The van der Waals surface area contributed by atoms with Gasteiger partial charge in [0.05, 0.1) is 6.61 Å². The van der Waals surface area contributed by atoms with E-state index < -0.39 is 0 Å². The molecule has 0 fully saturated rings. The van der Waals surface area contributed by atoms with E-state index >= 15 is 0 Å². The van der Waals surface area contributed by atoms with Gasteiger partial charge in [-0.05, 0) is 42.5 Å². The van der Waals surface area contributed by atoms with Gasteiger partial charge in [-0.25, -0.2) is 9.97 Å². The number of aromatic nitrogens is 2. The normalized spacial score (nSPS) is 13.6. The summed E-state index contributed by atoms with van der Waals surface area (Å²) in [7, 11) is 0. The zero-order valence-corrected chi connectivity index (χ0v) is 11.8. The Morgan fingerprint density at radius 3 is 2.89 bits per heavy atom. The van der Waals surface area contributed by atoms with Gasteiger partial charge in [-0.2, -0.15) is 0 Å². The van der Waals surface area contributed by atoms with Crippen LogP contribution in [0.4, 0.5) is 0 Å². The van der Waals surface area contributed by atoms with E-state index in [1.807, 2.05) is 0 Å². The van der Waals surface area contributed by atoms with Crippen LogP contribution in [0.15, 0.2) is 34.4 Å². The van der Waals surface area contributed by atoms with Crippen LogP contribution in [0.3, 0.4) is 0 Å². The summed E-state index contributed by atoms with van der Waals surface area (Å²) in [5.41, 5.74) is 3.47. The van der Waals surface area contributed by atoms with Gasteiger partial charge in [0, 0.05) is 10.5 Å². The van der Waals surface area contributed by atoms with E-state index in [9.17, 15) is 5.11 Å². The molecule has 19 heavy (non-hydrogen) atoms. The minimum absolute atomic E-state index is 0.146. The molecule has 3 rings (SSSR count). The van der Waals surface area contributed by atoms with E-state index in [-0.39, 0.29) is 6.61 Å². The average Bonchev–Trinajstić information content (AvgIpc) is 2.86. The van der Waals surface area contributed by atoms with Crippen LogP contribution in [-0.4, -0.2) is 15.1 Å². The lowest BCUT2D eigenvalue weighted by Gasteiger charge is -2.08. The van der Waals surface area contributed by atoms with Crippen molar-refractivity contribution in [3.8, 4) is 0 Å². The lowest BCUT2D eigenvalue weighted by Crippen LogP contribution is -1.95. The number of hydrogen-bond acceptors (Lipinski definition) is 4. The van der Waals surface area contributed by atoms with Gasteiger partial charge < -0.3 is 5.11 Å². The number of aliphatic hydroxyl groups is 1. The number of hydrogen-bond donors (Lipinski definition) is 1. The minimum atomic E-state index is -0.146. The fraction of sp³-hybridized carbons (Fsp3) is 0.286. The van der Waals surface area contributed by atoms with E-state index in [4.69, 9.17) is 11.6 Å². The van der Waals surface area contributed by atoms with Crippen molar-refractivity contribution in [1.29, 1.82) is 0 Å². The quantitative estimate of drug-likeness (QED) is 0.882. The van der Waals surface area contributed by atoms with Crippen LogP contribution < -0.4 is 0 Å². The molecular formula is C14H13ClN2OS. The second-order valence-corrected chi connectivity index (χ2v) is 5.91. The molecule has 0 bridgehead atoms. The Hall–Kier alpha value is -1.10. The first-order valence-corrected chi connectivity index (χ1v) is 7.37. The molecule has 0 radical (unpaired) electrons. The van der Waals surface area contributed by atoms with Crippen molar-refractivity contribution in [2.75, 3.05) is 0 Å². The Bertz CT molecular complexity index is 618. The minimum Gasteiger partial charge on any atom is -0.391 e. The van der Waals surface area contributed by atoms with E-state index in [2.05, 4.69) is 28.2 Å². The third-order valence-electron chi connectivity index (χ3n) is 3.30. The first kappa shape index (κ1) is 12.9. The smallest absolute Gasteiger partial charge is 0.139 e. The average molecular weight is 293 g/mol. The molecule has 1 aromatic carbocycles. The van der Waals surface area contributed by atoms with Crippen LogP contribution >= 0.6 is 23.4 Å². The highest BCUT2D eigenvalue weighted by Crippen LogP contribution is 2.33. The van der Waals surface area contributed by atoms with Gasteiger partial charge >= 0.3 is 0 Å². The van der Waals surface area contributed by atoms with Crippen molar-refractivity contribution in [2.45, 2.75) is 35.8 Å². The van der Waals surface area contributed by atoms with Crippen LogP contribution in [0.2, 0.25) is 5.15 Å². The van der Waals surface area contributed by atoms with Crippen LogP contribution in [0, 0.1) is 0 Å². The van der Waals surface area contributed by atoms with Crippen molar-refractivity contribution < 1.29 is 5.11 Å². The van der Waals surface area contributed by atoms with Crippen molar-refractivity contribution in [2.24, 2.45) is 0 Å². The second kappa shape index (κ2) is 5.49. The maximum absolute atomic E-state index is 9.35. The first-order valence-electron chi connectivity index (χ1n) is 6.18. The van der Waals surface area contributed by atoms with E-state index in [0.29, 0.717) is 10.7 Å². The van der Waals surface area contributed by atoms with Crippen molar-refractivity contribution in [3.63, 3.8) is 0 Å². The van der Waals surface area contributed by atoms with Gasteiger partial charge in [0.25, 0.3) is 0 Å². The van der Waals surface area contributed by atoms with E-state index in [1.165, 1.54) is 42.1 Å². The highest BCUT2D eigenvalue weighted by Gasteiger charge is 2.14. The summed E-state index contributed by atoms with van der Waals surface area (Å²) in [5, 5.41) is 10.4. The molecule has 1 aliphatic rings. The number of halogens is 1. The number of aryl methyl sites for hydroxylation is 2. The maximum Gasteiger partial charge on any atom is 0.139 e. The molecule has 0 saturated carbocycles. The topological polar surface area (TPSA) is 46.0 Å². The fourth-order valence-corrected chi connectivity index (χ4v) is 3.51. The highest BCUT2D eigenvalue weighted by molar-refractivity contribution is 7.99. The Labute approximate surface area is 121 Å². The number of aliphatic hydroxyl groups excluding tert-OH is 1. The molecule has 98 valence electrons. The summed E-state index contributed by atoms with van der Waals surface area (Å²) >= 11 is 7.49. The Balaban J connectivity index is 1.91. The molecule has 0 saturated heterocycles. The molecule has 0 atom stereocenters. The number of nitrogens with zero attached hydrogens (tertiary/aromatic N) is 2. The second-order valence-electron chi connectivity index (χ2n) is 4.49. The molecular weight excluding hydrogens is 280 g/mol. The largest absolute Gasteiger partial charge is 0.391 e. The summed E-state index contributed by atoms with van der Waals surface area (Å²) in [6, 6.07) is 6.50. The summed E-state index contributed by atoms with van der Waals surface area (Å²) < 4.78 is 0. The maximum atomic E-state index is 9.35. The van der Waals surface area contributed by atoms with Crippen LogP contribution in [0.5, 0.6) is 0 Å². The van der Waals surface area contributed by atoms with Crippen LogP contribution in [-0.2, 0) is 19.4 Å². The molecule has 1 N–H and O–H groups in total. The van der Waals surface area contributed by atoms with Gasteiger partial charge in [0.1, 0.15) is 16.5 Å². The highest BCUT2D eigenvalue weighted by atomic mass is 35.5. The zero-order chi connectivity index (χ0) is 13.2. The third kappa shape index (κ3) is 2.61. The summed E-state index contributed by atoms with van der Waals surface area (Å²) in [5.74, 6) is 0. The SMILES string of the molecule is OCc1c(Cl)ncnc1Sc1ccc2c(c1)CCC2. The Morgan fingerprint density at radius 2 is 2.05 bits per heavy atom. The lowest BCUT2D eigenvalue weighted by molar-refractivity contribution is 0.277. The standard InChI is InChI=1S/C14H13ClN2OS/c15-13-12(7-18)14(17-8-16-13)19-11-5-4-9-2-1-3-10(9)6-11/h4-6,8,18H,1-3,7H2. The van der Waals surface area contributed by atoms with Crippen LogP contribution in [0.25, 0.3) is 0 Å². The fourth-order valence-electron chi connectivity index (χ4n) is 2.32. The molecule has 0 unspecified atom stereocenters. The zero-order valence-electron chi connectivity index (χ0n) is 10.3. The molecule has 0 spiro atoms. The predicted octanol–water partition coefficient (Wildman–Crippen LogP) is 3.26. The van der Waals surface area contributed by atoms with E-state index in [1.54, 1.807) is 0 Å². The van der Waals surface area contributed by atoms with Crippen molar-refractivity contribution in [1.82, 2.24) is 9.97 Å². The Morgan fingerprint density at radius 1 is 1.21 bits per heavy atom. The number of benzene rings is 1. The molecule has 1 heterocycles. The monoisotopic (exact) mass is 292 g/mol. The lowest BCUT2D eigenvalue weighted by atomic mass is 10.1. The van der Waals surface area contributed by atoms with Gasteiger partial charge in [0.15, 0.2) is 0 Å². The molecule has 0 aliphatic heterocycles. The molecule has 5 heteroatoms. The van der Waals surface area contributed by atoms with Gasteiger partial charge in [-0.3, -0.25) is 0 Å². The number of fused-ring (bicyclic) bond motifs is 1. The van der Waals surface area contributed by atoms with Crippen LogP contribution in [0.1, 0.15) is 23.1 Å². The molecule has 1 aliphatic carbocycles. The molecule has 3 nitrogen and oxygen atoms in total. The summed E-state index contributed by atoms with van der Waals surface area (Å²) in [4.78, 5) is 9.23.